The van der Waals surface area contributed by atoms with Crippen molar-refractivity contribution < 1.29 is 10.2 Å². The van der Waals surface area contributed by atoms with Crippen molar-refractivity contribution in [1.29, 1.82) is 0 Å². The summed E-state index contributed by atoms with van der Waals surface area (Å²) in [5.74, 6) is -0.356. The van der Waals surface area contributed by atoms with Gasteiger partial charge in [0.05, 0.1) is 5.69 Å². The van der Waals surface area contributed by atoms with Gasteiger partial charge in [-0.3, -0.25) is 0 Å². The van der Waals surface area contributed by atoms with Gasteiger partial charge in [-0.1, -0.05) is 11.6 Å². The fourth-order valence-corrected chi connectivity index (χ4v) is 1.60. The Kier molecular flexibility index (Phi) is 2.08. The number of hydrogen-bond donors (Lipinski definition) is 3. The van der Waals surface area contributed by atoms with E-state index in [4.69, 9.17) is 17.3 Å². The van der Waals surface area contributed by atoms with Crippen molar-refractivity contribution in [2.75, 3.05) is 5.73 Å². The smallest absolute Gasteiger partial charge is 0.166 e. The molecule has 1 aromatic carbocycles. The minimum atomic E-state index is -0.198. The van der Waals surface area contributed by atoms with Crippen molar-refractivity contribution in [3.63, 3.8) is 0 Å². The number of rotatable bonds is 0. The maximum absolute atomic E-state index is 9.70. The molecule has 5 heteroatoms. The molecule has 2 rings (SSSR count). The van der Waals surface area contributed by atoms with E-state index in [0.29, 0.717) is 5.39 Å². The predicted octanol–water partition coefficient (Wildman–Crippen LogP) is 2.19. The standard InChI is InChI=1S/C10H9ClN2O2/c1-4-2-3-5-8(13-4)10(15)7(12)6(11)9(5)14/h2-3,14-15H,12H2,1H3. The van der Waals surface area contributed by atoms with Crippen molar-refractivity contribution in [3.05, 3.63) is 22.8 Å². The minimum Gasteiger partial charge on any atom is -0.506 e. The van der Waals surface area contributed by atoms with E-state index in [9.17, 15) is 10.2 Å². The average Bonchev–Trinajstić information content (AvgIpc) is 2.23. The van der Waals surface area contributed by atoms with Crippen molar-refractivity contribution in [3.8, 4) is 11.5 Å². The lowest BCUT2D eigenvalue weighted by Crippen LogP contribution is -1.92. The molecule has 0 bridgehead atoms. The Morgan fingerprint density at radius 1 is 1.27 bits per heavy atom. The van der Waals surface area contributed by atoms with Crippen LogP contribution in [0.4, 0.5) is 5.69 Å². The lowest BCUT2D eigenvalue weighted by Gasteiger charge is -2.09. The number of aromatic hydroxyl groups is 2. The van der Waals surface area contributed by atoms with Crippen LogP contribution >= 0.6 is 11.6 Å². The van der Waals surface area contributed by atoms with Crippen LogP contribution in [0, 0.1) is 6.92 Å². The number of nitrogens with two attached hydrogens (primary N) is 1. The Morgan fingerprint density at radius 2 is 1.93 bits per heavy atom. The van der Waals surface area contributed by atoms with Gasteiger partial charge in [-0.05, 0) is 19.1 Å². The molecule has 1 aromatic heterocycles. The van der Waals surface area contributed by atoms with E-state index in [1.165, 1.54) is 0 Å². The van der Waals surface area contributed by atoms with Crippen molar-refractivity contribution >= 4 is 28.2 Å². The Hall–Kier alpha value is -1.68. The number of nitrogens with zero attached hydrogens (tertiary/aromatic N) is 1. The first kappa shape index (κ1) is 9.86. The van der Waals surface area contributed by atoms with Gasteiger partial charge in [-0.15, -0.1) is 0 Å². The zero-order valence-electron chi connectivity index (χ0n) is 7.95. The molecule has 0 fully saturated rings. The summed E-state index contributed by atoms with van der Waals surface area (Å²) >= 11 is 5.74. The number of phenolic OH excluding ortho intramolecular Hbond substituents is 2. The molecule has 0 spiro atoms. The number of aromatic nitrogens is 1. The lowest BCUT2D eigenvalue weighted by molar-refractivity contribution is 0.471. The Morgan fingerprint density at radius 3 is 2.60 bits per heavy atom. The van der Waals surface area contributed by atoms with Crippen LogP contribution in [-0.2, 0) is 0 Å². The van der Waals surface area contributed by atoms with Crippen LogP contribution in [0.5, 0.6) is 11.5 Å². The normalized spacial score (nSPS) is 10.8. The first-order chi connectivity index (χ1) is 7.02. The number of aryl methyl sites for hydroxylation is 1. The number of hydrogen-bond acceptors (Lipinski definition) is 4. The van der Waals surface area contributed by atoms with Crippen LogP contribution in [0.1, 0.15) is 5.69 Å². The van der Waals surface area contributed by atoms with E-state index in [0.717, 1.165) is 5.69 Å². The molecule has 0 saturated heterocycles. The summed E-state index contributed by atoms with van der Waals surface area (Å²) in [6.45, 7) is 1.78. The van der Waals surface area contributed by atoms with Gasteiger partial charge in [0.1, 0.15) is 16.3 Å². The molecule has 0 aliphatic rings. The molecule has 0 aliphatic carbocycles. The largest absolute Gasteiger partial charge is 0.506 e. The van der Waals surface area contributed by atoms with Gasteiger partial charge in [0, 0.05) is 11.1 Å². The number of benzene rings is 1. The van der Waals surface area contributed by atoms with E-state index in [-0.39, 0.29) is 27.7 Å². The molecule has 1 heterocycles. The number of halogens is 1. The van der Waals surface area contributed by atoms with Gasteiger partial charge in [0.2, 0.25) is 0 Å². The highest BCUT2D eigenvalue weighted by atomic mass is 35.5. The van der Waals surface area contributed by atoms with Gasteiger partial charge in [-0.25, -0.2) is 4.98 Å². The van der Waals surface area contributed by atoms with E-state index in [1.54, 1.807) is 19.1 Å². The van der Waals surface area contributed by atoms with E-state index in [2.05, 4.69) is 4.98 Å². The highest BCUT2D eigenvalue weighted by Gasteiger charge is 2.16. The van der Waals surface area contributed by atoms with E-state index >= 15 is 0 Å². The molecule has 15 heavy (non-hydrogen) atoms. The second-order valence-electron chi connectivity index (χ2n) is 3.27. The Labute approximate surface area is 90.9 Å². The fourth-order valence-electron chi connectivity index (χ4n) is 1.41. The van der Waals surface area contributed by atoms with Crippen LogP contribution in [0.15, 0.2) is 12.1 Å². The van der Waals surface area contributed by atoms with Crippen LogP contribution in [0.2, 0.25) is 5.02 Å². The SMILES string of the molecule is Cc1ccc2c(O)c(Cl)c(N)c(O)c2n1. The molecule has 0 saturated carbocycles. The molecule has 0 aliphatic heterocycles. The topological polar surface area (TPSA) is 79.4 Å². The number of phenols is 2. The molecule has 2 aromatic rings. The quantitative estimate of drug-likeness (QED) is 0.364. The minimum absolute atomic E-state index is 0.0503. The number of fused-ring (bicyclic) bond motifs is 1. The van der Waals surface area contributed by atoms with Gasteiger partial charge in [0.25, 0.3) is 0 Å². The summed E-state index contributed by atoms with van der Waals surface area (Å²) in [6.07, 6.45) is 0. The number of pyridine rings is 1. The molecule has 0 unspecified atom stereocenters. The van der Waals surface area contributed by atoms with Crippen molar-refractivity contribution in [1.82, 2.24) is 4.98 Å². The second kappa shape index (κ2) is 3.17. The fraction of sp³-hybridized carbons (Fsp3) is 0.100. The summed E-state index contributed by atoms with van der Waals surface area (Å²) in [4.78, 5) is 4.09. The molecule has 0 amide bonds. The molecule has 0 radical (unpaired) electrons. The average molecular weight is 225 g/mol. The maximum atomic E-state index is 9.70. The number of nitrogen functional groups attached to an aromatic ring is 1. The molecule has 4 N–H and O–H groups in total. The van der Waals surface area contributed by atoms with Crippen LogP contribution in [0.25, 0.3) is 10.9 Å². The zero-order valence-corrected chi connectivity index (χ0v) is 8.71. The third-order valence-electron chi connectivity index (χ3n) is 2.21. The maximum Gasteiger partial charge on any atom is 0.166 e. The van der Waals surface area contributed by atoms with E-state index in [1.807, 2.05) is 0 Å². The monoisotopic (exact) mass is 224 g/mol. The highest BCUT2D eigenvalue weighted by Crippen LogP contribution is 2.43. The zero-order chi connectivity index (χ0) is 11.2. The van der Waals surface area contributed by atoms with Gasteiger partial charge in [0.15, 0.2) is 5.75 Å². The summed E-state index contributed by atoms with van der Waals surface area (Å²) in [7, 11) is 0. The third kappa shape index (κ3) is 1.34. The summed E-state index contributed by atoms with van der Waals surface area (Å²) in [5.41, 5.74) is 6.44. The Bertz CT molecular complexity index is 555. The number of anilines is 1. The molecule has 4 nitrogen and oxygen atoms in total. The van der Waals surface area contributed by atoms with Gasteiger partial charge >= 0.3 is 0 Å². The van der Waals surface area contributed by atoms with Crippen LogP contribution in [0.3, 0.4) is 0 Å². The summed E-state index contributed by atoms with van der Waals surface area (Å²) < 4.78 is 0. The van der Waals surface area contributed by atoms with Crippen molar-refractivity contribution in [2.24, 2.45) is 0 Å². The third-order valence-corrected chi connectivity index (χ3v) is 2.60. The summed E-state index contributed by atoms with van der Waals surface area (Å²) in [5, 5.41) is 19.7. The van der Waals surface area contributed by atoms with Gasteiger partial charge < -0.3 is 15.9 Å². The second-order valence-corrected chi connectivity index (χ2v) is 3.65. The highest BCUT2D eigenvalue weighted by molar-refractivity contribution is 6.36. The van der Waals surface area contributed by atoms with Crippen LogP contribution < -0.4 is 5.73 Å². The first-order valence-corrected chi connectivity index (χ1v) is 4.66. The van der Waals surface area contributed by atoms with Crippen molar-refractivity contribution in [2.45, 2.75) is 6.92 Å². The summed E-state index contributed by atoms with van der Waals surface area (Å²) in [6, 6.07) is 3.35. The Balaban J connectivity index is 3.00. The molecular formula is C10H9ClN2O2. The van der Waals surface area contributed by atoms with E-state index < -0.39 is 0 Å². The first-order valence-electron chi connectivity index (χ1n) is 4.28. The lowest BCUT2D eigenvalue weighted by atomic mass is 10.1. The molecule has 0 atom stereocenters. The van der Waals surface area contributed by atoms with Crippen LogP contribution in [-0.4, -0.2) is 15.2 Å². The van der Waals surface area contributed by atoms with Gasteiger partial charge in [-0.2, -0.15) is 0 Å². The predicted molar refractivity (Wildman–Crippen MR) is 59.2 cm³/mol. The molecular weight excluding hydrogens is 216 g/mol. The molecule has 78 valence electrons.